The Morgan fingerprint density at radius 1 is 1.17 bits per heavy atom. The number of nitrogens with zero attached hydrogens (tertiary/aromatic N) is 2. The van der Waals surface area contributed by atoms with Crippen molar-refractivity contribution < 1.29 is 30.7 Å². The topological polar surface area (TPSA) is 15.6 Å². The molecule has 0 aliphatic heterocycles. The number of benzene rings is 1. The molecule has 1 rings (SSSR count). The molecule has 0 fully saturated rings. The number of hydrogen-bond donors (Lipinski definition) is 0. The fourth-order valence-electron chi connectivity index (χ4n) is 1.41. The minimum absolute atomic E-state index is 0.218. The molecular weight excluding hydrogens is 373 g/mol. The Hall–Kier alpha value is -1.16. The van der Waals surface area contributed by atoms with E-state index in [-0.39, 0.29) is 21.7 Å². The SMILES string of the molecule is CN(C)/C(=N/c1cc(SCC(F)(F)F)c(Cl)cc1F)C(F)(F)F. The van der Waals surface area contributed by atoms with Crippen molar-refractivity contribution in [3.8, 4) is 0 Å². The zero-order chi connectivity index (χ0) is 18.0. The molecule has 0 aliphatic rings. The number of amidine groups is 1. The third-order valence-corrected chi connectivity index (χ3v) is 3.84. The second-order valence-electron chi connectivity index (χ2n) is 4.47. The summed E-state index contributed by atoms with van der Waals surface area (Å²) in [5.41, 5.74) is -0.750. The number of halogens is 8. The van der Waals surface area contributed by atoms with Crippen molar-refractivity contribution in [2.75, 3.05) is 19.8 Å². The molecule has 0 aliphatic carbocycles. The van der Waals surface area contributed by atoms with Crippen LogP contribution in [0.25, 0.3) is 0 Å². The van der Waals surface area contributed by atoms with E-state index < -0.39 is 35.4 Å². The molecule has 0 bridgehead atoms. The number of hydrogen-bond acceptors (Lipinski definition) is 2. The van der Waals surface area contributed by atoms with Gasteiger partial charge in [-0.3, -0.25) is 0 Å². The van der Waals surface area contributed by atoms with E-state index in [1.54, 1.807) is 0 Å². The third-order valence-electron chi connectivity index (χ3n) is 2.30. The van der Waals surface area contributed by atoms with Crippen LogP contribution in [0.5, 0.6) is 0 Å². The molecule has 0 unspecified atom stereocenters. The van der Waals surface area contributed by atoms with Crippen molar-refractivity contribution in [2.45, 2.75) is 17.2 Å². The Morgan fingerprint density at radius 2 is 1.74 bits per heavy atom. The highest BCUT2D eigenvalue weighted by molar-refractivity contribution is 7.99. The minimum Gasteiger partial charge on any atom is -0.359 e. The first-order valence-electron chi connectivity index (χ1n) is 5.83. The van der Waals surface area contributed by atoms with Crippen molar-refractivity contribution in [3.05, 3.63) is 23.0 Å². The number of alkyl halides is 6. The van der Waals surface area contributed by atoms with Crippen molar-refractivity contribution in [2.24, 2.45) is 4.99 Å². The van der Waals surface area contributed by atoms with Gasteiger partial charge in [-0.2, -0.15) is 26.3 Å². The Morgan fingerprint density at radius 3 is 2.17 bits per heavy atom. The summed E-state index contributed by atoms with van der Waals surface area (Å²) in [6.07, 6.45) is -9.36. The van der Waals surface area contributed by atoms with Crippen LogP contribution in [0.15, 0.2) is 22.0 Å². The molecule has 0 spiro atoms. The maximum absolute atomic E-state index is 13.7. The van der Waals surface area contributed by atoms with Crippen LogP contribution in [0.4, 0.5) is 36.4 Å². The van der Waals surface area contributed by atoms with Crippen molar-refractivity contribution in [1.82, 2.24) is 4.90 Å². The Balaban J connectivity index is 3.26. The van der Waals surface area contributed by atoms with E-state index in [1.165, 1.54) is 0 Å². The first kappa shape index (κ1) is 19.9. The van der Waals surface area contributed by atoms with Crippen LogP contribution in [-0.2, 0) is 0 Å². The van der Waals surface area contributed by atoms with Crippen LogP contribution in [0.1, 0.15) is 0 Å². The van der Waals surface area contributed by atoms with E-state index in [0.717, 1.165) is 20.2 Å². The van der Waals surface area contributed by atoms with Gasteiger partial charge in [-0.05, 0) is 12.1 Å². The zero-order valence-electron chi connectivity index (χ0n) is 11.7. The maximum atomic E-state index is 13.7. The molecule has 0 radical (unpaired) electrons. The average Bonchev–Trinajstić information content (AvgIpc) is 2.33. The molecule has 2 nitrogen and oxygen atoms in total. The summed E-state index contributed by atoms with van der Waals surface area (Å²) in [6.45, 7) is 0. The third kappa shape index (κ3) is 6.09. The minimum atomic E-state index is -4.85. The highest BCUT2D eigenvalue weighted by Gasteiger charge is 2.38. The van der Waals surface area contributed by atoms with Gasteiger partial charge >= 0.3 is 12.4 Å². The van der Waals surface area contributed by atoms with Crippen molar-refractivity contribution in [1.29, 1.82) is 0 Å². The lowest BCUT2D eigenvalue weighted by Gasteiger charge is -2.18. The number of aliphatic imine (C=N–C) groups is 1. The molecule has 23 heavy (non-hydrogen) atoms. The standard InChI is InChI=1S/C12H10ClF7N2S/c1-22(2)10(12(18,19)20)21-8-4-9(6(13)3-7(8)14)23-5-11(15,16)17/h3-4H,5H2,1-2H3/b21-10+. The predicted molar refractivity (Wildman–Crippen MR) is 75.0 cm³/mol. The summed E-state index contributed by atoms with van der Waals surface area (Å²) < 4.78 is 88.7. The molecule has 0 amide bonds. The van der Waals surface area contributed by atoms with Gasteiger partial charge in [0.15, 0.2) is 0 Å². The molecule has 0 saturated heterocycles. The van der Waals surface area contributed by atoms with Gasteiger partial charge in [0.2, 0.25) is 5.84 Å². The predicted octanol–water partition coefficient (Wildman–Crippen LogP) is 5.29. The number of thioether (sulfide) groups is 1. The van der Waals surface area contributed by atoms with E-state index in [9.17, 15) is 30.7 Å². The van der Waals surface area contributed by atoms with Crippen LogP contribution < -0.4 is 0 Å². The lowest BCUT2D eigenvalue weighted by Crippen LogP contribution is -2.36. The zero-order valence-corrected chi connectivity index (χ0v) is 13.3. The van der Waals surface area contributed by atoms with Crippen LogP contribution >= 0.6 is 23.4 Å². The second kappa shape index (κ2) is 7.16. The second-order valence-corrected chi connectivity index (χ2v) is 5.89. The molecule has 1 aromatic carbocycles. The van der Waals surface area contributed by atoms with Gasteiger partial charge in [-0.25, -0.2) is 9.38 Å². The van der Waals surface area contributed by atoms with Gasteiger partial charge in [0, 0.05) is 19.0 Å². The van der Waals surface area contributed by atoms with E-state index in [0.29, 0.717) is 11.0 Å². The highest BCUT2D eigenvalue weighted by Crippen LogP contribution is 2.36. The fourth-order valence-corrected chi connectivity index (χ4v) is 2.43. The molecule has 0 N–H and O–H groups in total. The molecule has 0 saturated carbocycles. The van der Waals surface area contributed by atoms with Gasteiger partial charge < -0.3 is 4.90 Å². The summed E-state index contributed by atoms with van der Waals surface area (Å²) in [7, 11) is 2.11. The molecule has 11 heteroatoms. The summed E-state index contributed by atoms with van der Waals surface area (Å²) in [4.78, 5) is 3.57. The monoisotopic (exact) mass is 382 g/mol. The normalized spacial score (nSPS) is 13.4. The molecule has 130 valence electrons. The van der Waals surface area contributed by atoms with Crippen molar-refractivity contribution >= 4 is 34.9 Å². The Labute approximate surface area is 136 Å². The lowest BCUT2D eigenvalue weighted by atomic mass is 10.3. The van der Waals surface area contributed by atoms with E-state index >= 15 is 0 Å². The van der Waals surface area contributed by atoms with Gasteiger partial charge in [-0.15, -0.1) is 11.8 Å². The van der Waals surface area contributed by atoms with Crippen LogP contribution in [-0.4, -0.2) is 42.9 Å². The van der Waals surface area contributed by atoms with Crippen LogP contribution in [0, 0.1) is 5.82 Å². The van der Waals surface area contributed by atoms with Gasteiger partial charge in [0.05, 0.1) is 10.8 Å². The number of rotatable bonds is 3. The van der Waals surface area contributed by atoms with Crippen LogP contribution in [0.3, 0.4) is 0 Å². The van der Waals surface area contributed by atoms with Gasteiger partial charge in [0.1, 0.15) is 11.5 Å². The van der Waals surface area contributed by atoms with E-state index in [2.05, 4.69) is 4.99 Å². The van der Waals surface area contributed by atoms with Crippen molar-refractivity contribution in [3.63, 3.8) is 0 Å². The molecule has 0 heterocycles. The summed E-state index contributed by atoms with van der Waals surface area (Å²) in [5.74, 6) is -3.89. The molecular formula is C12H10ClF7N2S. The molecule has 1 aromatic rings. The van der Waals surface area contributed by atoms with E-state index in [1.807, 2.05) is 0 Å². The first-order chi connectivity index (χ1) is 10.3. The van der Waals surface area contributed by atoms with Gasteiger partial charge in [-0.1, -0.05) is 11.6 Å². The van der Waals surface area contributed by atoms with Gasteiger partial charge in [0.25, 0.3) is 0 Å². The lowest BCUT2D eigenvalue weighted by molar-refractivity contribution is -0.105. The smallest absolute Gasteiger partial charge is 0.359 e. The quantitative estimate of drug-likeness (QED) is 0.305. The van der Waals surface area contributed by atoms with E-state index in [4.69, 9.17) is 11.6 Å². The Bertz CT molecular complexity index is 596. The van der Waals surface area contributed by atoms with Crippen LogP contribution in [0.2, 0.25) is 5.02 Å². The highest BCUT2D eigenvalue weighted by atomic mass is 35.5. The fraction of sp³-hybridized carbons (Fsp3) is 0.417. The summed E-state index contributed by atoms with van der Waals surface area (Å²) in [5, 5.41) is -0.339. The maximum Gasteiger partial charge on any atom is 0.449 e. The Kier molecular flexibility index (Phi) is 6.19. The summed E-state index contributed by atoms with van der Waals surface area (Å²) >= 11 is 5.84. The average molecular weight is 383 g/mol. The molecule has 0 atom stereocenters. The largest absolute Gasteiger partial charge is 0.449 e. The molecule has 0 aromatic heterocycles. The first-order valence-corrected chi connectivity index (χ1v) is 7.19. The summed E-state index contributed by atoms with van der Waals surface area (Å²) in [6, 6.07) is 1.38.